The van der Waals surface area contributed by atoms with Crippen LogP contribution in [-0.2, 0) is 11.2 Å². The van der Waals surface area contributed by atoms with Crippen LogP contribution < -0.4 is 15.6 Å². The summed E-state index contributed by atoms with van der Waals surface area (Å²) in [5.74, 6) is -0.145. The lowest BCUT2D eigenvalue weighted by Gasteiger charge is -2.06. The van der Waals surface area contributed by atoms with Crippen LogP contribution in [0.1, 0.15) is 21.8 Å². The van der Waals surface area contributed by atoms with E-state index in [2.05, 4.69) is 16.0 Å². The number of hydrogen-bond acceptors (Lipinski definition) is 5. The zero-order valence-corrected chi connectivity index (χ0v) is 11.7. The van der Waals surface area contributed by atoms with Gasteiger partial charge in [0.1, 0.15) is 5.75 Å². The molecular formula is C14H15N3O4. The van der Waals surface area contributed by atoms with Crippen LogP contribution in [0.4, 0.5) is 0 Å². The molecule has 1 aromatic heterocycles. The fraction of sp³-hybridized carbons (Fsp3) is 0.214. The normalized spacial score (nSPS) is 10.0. The number of methoxy groups -OCH3 is 1. The van der Waals surface area contributed by atoms with Gasteiger partial charge in [-0.1, -0.05) is 17.3 Å². The van der Waals surface area contributed by atoms with Crippen molar-refractivity contribution in [3.63, 3.8) is 0 Å². The highest BCUT2D eigenvalue weighted by molar-refractivity contribution is 5.93. The van der Waals surface area contributed by atoms with Crippen LogP contribution in [0.3, 0.4) is 0 Å². The molecule has 2 amide bonds. The minimum absolute atomic E-state index is 0.0391. The Labute approximate surface area is 121 Å². The summed E-state index contributed by atoms with van der Waals surface area (Å²) in [4.78, 5) is 23.3. The SMILES string of the molecule is COc1ccc(CC(=O)NNC(=O)c2cc(C)no2)cc1. The maximum Gasteiger partial charge on any atom is 0.308 e. The molecule has 2 N–H and O–H groups in total. The average Bonchev–Trinajstić information content (AvgIpc) is 2.92. The van der Waals surface area contributed by atoms with Crippen molar-refractivity contribution in [1.29, 1.82) is 0 Å². The molecule has 0 unspecified atom stereocenters. The molecule has 0 atom stereocenters. The second-order valence-electron chi connectivity index (χ2n) is 4.36. The van der Waals surface area contributed by atoms with Crippen LogP contribution in [0.15, 0.2) is 34.9 Å². The molecule has 0 aliphatic carbocycles. The van der Waals surface area contributed by atoms with Gasteiger partial charge in [0.15, 0.2) is 0 Å². The van der Waals surface area contributed by atoms with Gasteiger partial charge in [-0.3, -0.25) is 20.4 Å². The summed E-state index contributed by atoms with van der Waals surface area (Å²) in [5, 5.41) is 3.59. The average molecular weight is 289 g/mol. The molecule has 7 heteroatoms. The summed E-state index contributed by atoms with van der Waals surface area (Å²) in [7, 11) is 1.57. The van der Waals surface area contributed by atoms with Gasteiger partial charge in [0, 0.05) is 6.07 Å². The van der Waals surface area contributed by atoms with Crippen molar-refractivity contribution in [2.24, 2.45) is 0 Å². The molecule has 2 rings (SSSR count). The lowest BCUT2D eigenvalue weighted by molar-refractivity contribution is -0.121. The zero-order chi connectivity index (χ0) is 15.2. The predicted octanol–water partition coefficient (Wildman–Crippen LogP) is 0.995. The summed E-state index contributed by atoms with van der Waals surface area (Å²) in [5.41, 5.74) is 5.96. The van der Waals surface area contributed by atoms with Crippen molar-refractivity contribution in [2.45, 2.75) is 13.3 Å². The number of rotatable bonds is 4. The number of amides is 2. The summed E-state index contributed by atoms with van der Waals surface area (Å²) in [6.45, 7) is 1.70. The number of nitrogens with one attached hydrogen (secondary N) is 2. The summed E-state index contributed by atoms with van der Waals surface area (Å²) >= 11 is 0. The molecule has 2 aromatic rings. The molecule has 21 heavy (non-hydrogen) atoms. The number of nitrogens with zero attached hydrogens (tertiary/aromatic N) is 1. The van der Waals surface area contributed by atoms with E-state index in [1.807, 2.05) is 0 Å². The van der Waals surface area contributed by atoms with Crippen LogP contribution in [0.25, 0.3) is 0 Å². The molecule has 0 saturated carbocycles. The number of ether oxygens (including phenoxy) is 1. The first kappa shape index (κ1) is 14.6. The van der Waals surface area contributed by atoms with E-state index in [-0.39, 0.29) is 18.1 Å². The number of carbonyl (C=O) groups is 2. The molecule has 0 spiro atoms. The van der Waals surface area contributed by atoms with E-state index in [1.165, 1.54) is 6.07 Å². The van der Waals surface area contributed by atoms with Gasteiger partial charge in [-0.25, -0.2) is 0 Å². The maximum atomic E-state index is 11.7. The highest BCUT2D eigenvalue weighted by Gasteiger charge is 2.12. The van der Waals surface area contributed by atoms with Gasteiger partial charge >= 0.3 is 5.91 Å². The third-order valence-electron chi connectivity index (χ3n) is 2.69. The number of aromatic nitrogens is 1. The molecule has 0 radical (unpaired) electrons. The number of benzene rings is 1. The Morgan fingerprint density at radius 1 is 1.24 bits per heavy atom. The monoisotopic (exact) mass is 289 g/mol. The van der Waals surface area contributed by atoms with Crippen LogP contribution in [0.2, 0.25) is 0 Å². The van der Waals surface area contributed by atoms with Gasteiger partial charge in [0.25, 0.3) is 0 Å². The van der Waals surface area contributed by atoms with E-state index in [9.17, 15) is 9.59 Å². The first-order chi connectivity index (χ1) is 10.1. The molecule has 0 aliphatic heterocycles. The van der Waals surface area contributed by atoms with E-state index in [0.717, 1.165) is 5.56 Å². The highest BCUT2D eigenvalue weighted by atomic mass is 16.5. The maximum absolute atomic E-state index is 11.7. The molecule has 0 saturated heterocycles. The minimum Gasteiger partial charge on any atom is -0.497 e. The van der Waals surface area contributed by atoms with E-state index < -0.39 is 5.91 Å². The Balaban J connectivity index is 1.82. The summed E-state index contributed by atoms with van der Waals surface area (Å²) in [6.07, 6.45) is 0.139. The van der Waals surface area contributed by atoms with Gasteiger partial charge < -0.3 is 9.26 Å². The molecule has 1 aromatic carbocycles. The third kappa shape index (κ3) is 4.07. The number of hydrogen-bond donors (Lipinski definition) is 2. The van der Waals surface area contributed by atoms with Crippen molar-refractivity contribution in [3.05, 3.63) is 47.3 Å². The van der Waals surface area contributed by atoms with Gasteiger partial charge in [-0.05, 0) is 24.6 Å². The van der Waals surface area contributed by atoms with Crippen molar-refractivity contribution in [1.82, 2.24) is 16.0 Å². The molecule has 7 nitrogen and oxygen atoms in total. The third-order valence-corrected chi connectivity index (χ3v) is 2.69. The number of carbonyl (C=O) groups excluding carboxylic acids is 2. The standard InChI is InChI=1S/C14H15N3O4/c1-9-7-12(21-17-9)14(19)16-15-13(18)8-10-3-5-11(20-2)6-4-10/h3-7H,8H2,1-2H3,(H,15,18)(H,16,19). The number of aryl methyl sites for hydroxylation is 1. The Morgan fingerprint density at radius 3 is 2.52 bits per heavy atom. The smallest absolute Gasteiger partial charge is 0.308 e. The minimum atomic E-state index is -0.557. The Bertz CT molecular complexity index is 634. The zero-order valence-electron chi connectivity index (χ0n) is 11.7. The molecular weight excluding hydrogens is 274 g/mol. The first-order valence-corrected chi connectivity index (χ1v) is 6.24. The molecule has 1 heterocycles. The fourth-order valence-corrected chi connectivity index (χ4v) is 1.63. The van der Waals surface area contributed by atoms with Gasteiger partial charge in [0.05, 0.1) is 19.2 Å². The second kappa shape index (κ2) is 6.56. The largest absolute Gasteiger partial charge is 0.497 e. The van der Waals surface area contributed by atoms with Crippen LogP contribution in [-0.4, -0.2) is 24.1 Å². The second-order valence-corrected chi connectivity index (χ2v) is 4.36. The number of hydrazine groups is 1. The molecule has 0 bridgehead atoms. The van der Waals surface area contributed by atoms with Gasteiger partial charge in [-0.2, -0.15) is 0 Å². The quantitative estimate of drug-likeness (QED) is 0.819. The van der Waals surface area contributed by atoms with Gasteiger partial charge in [0.2, 0.25) is 11.7 Å². The van der Waals surface area contributed by atoms with Crippen molar-refractivity contribution < 1.29 is 18.8 Å². The molecule has 0 fully saturated rings. The topological polar surface area (TPSA) is 93.5 Å². The van der Waals surface area contributed by atoms with Crippen LogP contribution in [0, 0.1) is 6.92 Å². The van der Waals surface area contributed by atoms with Crippen LogP contribution in [0.5, 0.6) is 5.75 Å². The van der Waals surface area contributed by atoms with E-state index in [4.69, 9.17) is 9.26 Å². The summed E-state index contributed by atoms with van der Waals surface area (Å²) in [6, 6.07) is 8.56. The Hall–Kier alpha value is -2.83. The van der Waals surface area contributed by atoms with Crippen molar-refractivity contribution in [2.75, 3.05) is 7.11 Å². The van der Waals surface area contributed by atoms with Gasteiger partial charge in [-0.15, -0.1) is 0 Å². The first-order valence-electron chi connectivity index (χ1n) is 6.24. The summed E-state index contributed by atoms with van der Waals surface area (Å²) < 4.78 is 9.81. The van der Waals surface area contributed by atoms with E-state index in [1.54, 1.807) is 38.3 Å². The predicted molar refractivity (Wildman–Crippen MR) is 73.5 cm³/mol. The van der Waals surface area contributed by atoms with E-state index in [0.29, 0.717) is 11.4 Å². The lowest BCUT2D eigenvalue weighted by atomic mass is 10.1. The van der Waals surface area contributed by atoms with E-state index >= 15 is 0 Å². The lowest BCUT2D eigenvalue weighted by Crippen LogP contribution is -2.42. The Morgan fingerprint density at radius 2 is 1.95 bits per heavy atom. The fourth-order valence-electron chi connectivity index (χ4n) is 1.63. The molecule has 110 valence electrons. The van der Waals surface area contributed by atoms with Crippen molar-refractivity contribution in [3.8, 4) is 5.75 Å². The Kier molecular flexibility index (Phi) is 4.55. The van der Waals surface area contributed by atoms with Crippen molar-refractivity contribution >= 4 is 11.8 Å². The van der Waals surface area contributed by atoms with Crippen LogP contribution >= 0.6 is 0 Å². The highest BCUT2D eigenvalue weighted by Crippen LogP contribution is 2.11. The molecule has 0 aliphatic rings.